The fraction of sp³-hybridized carbons (Fsp3) is 0.632. The second-order valence-electron chi connectivity index (χ2n) is 16.5. The summed E-state index contributed by atoms with van der Waals surface area (Å²) in [6, 6.07) is 4.20. The van der Waals surface area contributed by atoms with Crippen LogP contribution in [0.25, 0.3) is 10.8 Å². The van der Waals surface area contributed by atoms with Crippen molar-refractivity contribution in [2.45, 2.75) is 120 Å². The van der Waals surface area contributed by atoms with Crippen LogP contribution in [0.3, 0.4) is 0 Å². The fourth-order valence-electron chi connectivity index (χ4n) is 7.49. The molecule has 4 amide bonds. The van der Waals surface area contributed by atoms with Gasteiger partial charge < -0.3 is 29.7 Å². The number of carbonyl (C=O) groups excluding carboxylic acids is 4. The number of hydrogen-bond donors (Lipinski definition) is 3. The number of amides is 4. The normalized spacial score (nSPS) is 29.7. The van der Waals surface area contributed by atoms with E-state index in [4.69, 9.17) is 14.2 Å². The Morgan fingerprint density at radius 1 is 1.04 bits per heavy atom. The maximum atomic E-state index is 14.7. The lowest BCUT2D eigenvalue weighted by atomic mass is 9.88. The first-order chi connectivity index (χ1) is 26.6. The molecule has 2 saturated carbocycles. The number of hydrogen-bond acceptors (Lipinski definition) is 11. The van der Waals surface area contributed by atoms with Gasteiger partial charge in [-0.3, -0.25) is 19.1 Å². The van der Waals surface area contributed by atoms with Crippen LogP contribution in [0.1, 0.15) is 79.6 Å². The predicted octanol–water partition coefficient (Wildman–Crippen LogP) is 4.31. The van der Waals surface area contributed by atoms with Crippen molar-refractivity contribution in [2.24, 2.45) is 17.8 Å². The molecule has 6 rings (SSSR count). The minimum absolute atomic E-state index is 0.0432. The van der Waals surface area contributed by atoms with Crippen LogP contribution in [0.5, 0.6) is 11.8 Å². The van der Waals surface area contributed by atoms with Gasteiger partial charge in [0.1, 0.15) is 23.7 Å². The van der Waals surface area contributed by atoms with Crippen molar-refractivity contribution in [3.05, 3.63) is 36.4 Å². The number of sulfonamides is 1. The largest absolute Gasteiger partial charge is 0.479 e. The highest BCUT2D eigenvalue weighted by molar-refractivity contribution is 7.91. The number of alkyl carbamates (subject to hydrolysis) is 1. The third-order valence-corrected chi connectivity index (χ3v) is 13.8. The number of ether oxygens (including phenoxy) is 3. The van der Waals surface area contributed by atoms with E-state index in [9.17, 15) is 40.8 Å². The molecule has 2 aliphatic heterocycles. The molecule has 7 atom stereocenters. The van der Waals surface area contributed by atoms with Crippen LogP contribution in [0.4, 0.5) is 18.0 Å². The minimum Gasteiger partial charge on any atom is -0.479 e. The summed E-state index contributed by atoms with van der Waals surface area (Å²) in [5, 5.41) is 14.5. The average molecular weight is 823 g/mol. The second-order valence-corrected chi connectivity index (χ2v) is 18.7. The number of aromatic nitrogens is 2. The number of nitrogens with one attached hydrogen (secondary N) is 3. The van der Waals surface area contributed by atoms with E-state index in [0.717, 1.165) is 0 Å². The molecule has 2 aliphatic carbocycles. The van der Waals surface area contributed by atoms with E-state index in [0.29, 0.717) is 56.7 Å². The van der Waals surface area contributed by atoms with Crippen LogP contribution >= 0.6 is 0 Å². The number of halogens is 3. The topological polar surface area (TPSA) is 195 Å². The zero-order valence-electron chi connectivity index (χ0n) is 32.6. The highest BCUT2D eigenvalue weighted by atomic mass is 32.2. The first-order valence-corrected chi connectivity index (χ1v) is 20.5. The molecule has 2 aromatic rings. The van der Waals surface area contributed by atoms with Gasteiger partial charge in [-0.2, -0.15) is 13.2 Å². The first-order valence-electron chi connectivity index (χ1n) is 19.0. The van der Waals surface area contributed by atoms with Crippen molar-refractivity contribution < 1.29 is 55.0 Å². The molecule has 0 spiro atoms. The summed E-state index contributed by atoms with van der Waals surface area (Å²) in [6.07, 6.45) is -1.46. The minimum atomic E-state index is -4.92. The van der Waals surface area contributed by atoms with Gasteiger partial charge in [-0.15, -0.1) is 10.2 Å². The monoisotopic (exact) mass is 822 g/mol. The zero-order chi connectivity index (χ0) is 41.7. The molecule has 1 saturated heterocycles. The van der Waals surface area contributed by atoms with E-state index in [2.05, 4.69) is 25.6 Å². The summed E-state index contributed by atoms with van der Waals surface area (Å²) in [6.45, 7) is 6.27. The van der Waals surface area contributed by atoms with E-state index in [-0.39, 0.29) is 37.1 Å². The van der Waals surface area contributed by atoms with Gasteiger partial charge in [-0.1, -0.05) is 38.1 Å². The van der Waals surface area contributed by atoms with Crippen molar-refractivity contribution in [2.75, 3.05) is 13.7 Å². The van der Waals surface area contributed by atoms with Gasteiger partial charge in [0.05, 0.1) is 29.2 Å². The highest BCUT2D eigenvalue weighted by Gasteiger charge is 2.63. The summed E-state index contributed by atoms with van der Waals surface area (Å²) in [5.41, 5.74) is -4.54. The number of allylic oxidation sites excluding steroid dienone is 1. The average Bonchev–Trinajstić information content (AvgIpc) is 4.01. The number of benzene rings is 1. The molecular weight excluding hydrogens is 774 g/mol. The van der Waals surface area contributed by atoms with Gasteiger partial charge in [0.2, 0.25) is 39.2 Å². The Hall–Kier alpha value is -4.68. The first kappa shape index (κ1) is 41.9. The van der Waals surface area contributed by atoms with Gasteiger partial charge in [-0.25, -0.2) is 13.2 Å². The standard InChI is InChI=1S/C38H49F3N6O9S/c1-21-11-7-8-12-23-19-37(23,33(50)46-57(52,53)36(5)15-16-36)43-29(48)27-18-24(55-31-26-14-10-9-13-25(26)30(54-6)44-45-31)20-47(27)32(49)28(22(2)17-21)42-34(51)56-35(3,4)38(39,40)41/h8-10,12-14,21-24,27-28H,7,11,15-20H2,1-6H3,(H,42,51)(H,43,48)(H,46,50)/b12-8-/t21-,22+,23-,24+,27-,28-,37+/m0/s1. The van der Waals surface area contributed by atoms with Gasteiger partial charge >= 0.3 is 12.3 Å². The summed E-state index contributed by atoms with van der Waals surface area (Å²) in [7, 11) is -2.65. The number of fused-ring (bicyclic) bond motifs is 3. The molecule has 1 aromatic heterocycles. The molecule has 3 fully saturated rings. The second kappa shape index (κ2) is 15.2. The molecule has 57 heavy (non-hydrogen) atoms. The Morgan fingerprint density at radius 3 is 2.32 bits per heavy atom. The van der Waals surface area contributed by atoms with Crippen LogP contribution in [0.2, 0.25) is 0 Å². The van der Waals surface area contributed by atoms with Crippen LogP contribution < -0.4 is 24.8 Å². The Balaban J connectivity index is 1.36. The van der Waals surface area contributed by atoms with E-state index < -0.39 is 85.9 Å². The smallest absolute Gasteiger partial charge is 0.427 e. The third kappa shape index (κ3) is 8.48. The van der Waals surface area contributed by atoms with Crippen LogP contribution in [0, 0.1) is 17.8 Å². The summed E-state index contributed by atoms with van der Waals surface area (Å²) >= 11 is 0. The molecule has 0 bridgehead atoms. The Labute approximate surface area is 328 Å². The van der Waals surface area contributed by atoms with Crippen LogP contribution in [-0.4, -0.2) is 101 Å². The number of nitrogens with zero attached hydrogens (tertiary/aromatic N) is 3. The maximum Gasteiger partial charge on any atom is 0.427 e. The molecule has 15 nitrogen and oxygen atoms in total. The van der Waals surface area contributed by atoms with E-state index in [1.165, 1.54) is 18.9 Å². The quantitative estimate of drug-likeness (QED) is 0.321. The molecule has 1 aromatic carbocycles. The molecule has 0 radical (unpaired) electrons. The lowest BCUT2D eigenvalue weighted by Gasteiger charge is -2.34. The lowest BCUT2D eigenvalue weighted by Crippen LogP contribution is -2.59. The third-order valence-electron chi connectivity index (χ3n) is 11.6. The zero-order valence-corrected chi connectivity index (χ0v) is 33.5. The van der Waals surface area contributed by atoms with Gasteiger partial charge in [0.25, 0.3) is 5.91 Å². The molecule has 312 valence electrons. The SMILES string of the molecule is COc1nnc(O[C@@H]2C[C@H]3C(=O)N[C@]4(C(=O)NS(=O)(=O)C5(C)CC5)C[C@@H]4/C=C\CC[C@H](C)C[C@@H](C)[C@H](NC(=O)OC(C)(C)C(F)(F)F)C(=O)N3C2)c2ccccc12. The predicted molar refractivity (Wildman–Crippen MR) is 199 cm³/mol. The molecule has 3 heterocycles. The fourth-order valence-corrected chi connectivity index (χ4v) is 8.81. The highest BCUT2D eigenvalue weighted by Crippen LogP contribution is 2.48. The maximum absolute atomic E-state index is 14.7. The molecule has 19 heteroatoms. The number of methoxy groups -OCH3 is 1. The van der Waals surface area contributed by atoms with Crippen molar-refractivity contribution in [3.63, 3.8) is 0 Å². The number of alkyl halides is 3. The Kier molecular flexibility index (Phi) is 11.2. The van der Waals surface area contributed by atoms with Crippen molar-refractivity contribution in [1.29, 1.82) is 0 Å². The van der Waals surface area contributed by atoms with E-state index >= 15 is 0 Å². The molecule has 3 N–H and O–H groups in total. The Morgan fingerprint density at radius 2 is 1.68 bits per heavy atom. The van der Waals surface area contributed by atoms with Gasteiger partial charge in [0, 0.05) is 12.3 Å². The van der Waals surface area contributed by atoms with Crippen LogP contribution in [0.15, 0.2) is 36.4 Å². The molecule has 0 unspecified atom stereocenters. The summed E-state index contributed by atoms with van der Waals surface area (Å²) in [5.74, 6) is -3.43. The molecule has 4 aliphatic rings. The number of carbonyl (C=O) groups is 4. The van der Waals surface area contributed by atoms with E-state index in [1.807, 2.05) is 13.0 Å². The number of rotatable bonds is 8. The van der Waals surface area contributed by atoms with Crippen LogP contribution in [-0.2, 0) is 29.1 Å². The summed E-state index contributed by atoms with van der Waals surface area (Å²) in [4.78, 5) is 57.3. The van der Waals surface area contributed by atoms with Gasteiger partial charge in [0.15, 0.2) is 0 Å². The summed E-state index contributed by atoms with van der Waals surface area (Å²) < 4.78 is 85.0. The van der Waals surface area contributed by atoms with Gasteiger partial charge in [-0.05, 0) is 83.3 Å². The van der Waals surface area contributed by atoms with Crippen molar-refractivity contribution in [3.8, 4) is 11.8 Å². The Bertz CT molecular complexity index is 2060. The van der Waals surface area contributed by atoms with Crippen molar-refractivity contribution >= 4 is 44.6 Å². The lowest BCUT2D eigenvalue weighted by molar-refractivity contribution is -0.244. The molecular formula is C38H49F3N6O9S. The van der Waals surface area contributed by atoms with Crippen molar-refractivity contribution in [1.82, 2.24) is 30.5 Å². The van der Waals surface area contributed by atoms with E-state index in [1.54, 1.807) is 37.3 Å².